The zero-order chi connectivity index (χ0) is 16.1. The van der Waals surface area contributed by atoms with Gasteiger partial charge in [0, 0.05) is 18.5 Å². The van der Waals surface area contributed by atoms with E-state index in [4.69, 9.17) is 9.84 Å². The molecule has 0 fully saturated rings. The van der Waals surface area contributed by atoms with Gasteiger partial charge in [0.25, 0.3) is 5.91 Å². The van der Waals surface area contributed by atoms with Crippen molar-refractivity contribution in [3.05, 3.63) is 23.8 Å². The number of aliphatic carboxylic acids is 1. The molecule has 0 radical (unpaired) electrons. The first-order valence-electron chi connectivity index (χ1n) is 7.35. The van der Waals surface area contributed by atoms with Crippen molar-refractivity contribution in [2.45, 2.75) is 32.6 Å². The van der Waals surface area contributed by atoms with Crippen molar-refractivity contribution in [3.63, 3.8) is 0 Å². The van der Waals surface area contributed by atoms with E-state index in [0.717, 1.165) is 12.8 Å². The molecule has 22 heavy (non-hydrogen) atoms. The number of carbonyl (C=O) groups is 3. The van der Waals surface area contributed by atoms with Gasteiger partial charge in [0.05, 0.1) is 12.1 Å². The number of Topliss-reactive ketones (excluding diaryl/α,β-unsaturated/α-hetero) is 1. The van der Waals surface area contributed by atoms with Gasteiger partial charge in [0.1, 0.15) is 5.75 Å². The summed E-state index contributed by atoms with van der Waals surface area (Å²) in [5.41, 5.74) is 0.991. The minimum Gasteiger partial charge on any atom is -0.482 e. The first-order valence-corrected chi connectivity index (χ1v) is 7.35. The number of carboxylic acids is 1. The predicted octanol–water partition coefficient (Wildman–Crippen LogP) is 2.26. The third kappa shape index (κ3) is 3.63. The molecule has 0 bridgehead atoms. The van der Waals surface area contributed by atoms with Crippen LogP contribution in [0.15, 0.2) is 18.2 Å². The van der Waals surface area contributed by atoms with E-state index in [2.05, 4.69) is 0 Å². The molecule has 1 aliphatic rings. The molecule has 0 aromatic heterocycles. The number of rotatable bonds is 7. The molecule has 1 aromatic rings. The fraction of sp³-hybridized carbons (Fsp3) is 0.438. The number of unbranched alkanes of at least 4 members (excludes halogenated alkanes) is 1. The van der Waals surface area contributed by atoms with Gasteiger partial charge in [-0.3, -0.25) is 14.4 Å². The van der Waals surface area contributed by atoms with E-state index in [1.807, 2.05) is 6.92 Å². The van der Waals surface area contributed by atoms with Crippen molar-refractivity contribution >= 4 is 23.3 Å². The molecular weight excluding hydrogens is 286 g/mol. The van der Waals surface area contributed by atoms with E-state index in [9.17, 15) is 14.4 Å². The smallest absolute Gasteiger partial charge is 0.303 e. The molecule has 1 heterocycles. The molecule has 0 atom stereocenters. The maximum absolute atomic E-state index is 12.0. The summed E-state index contributed by atoms with van der Waals surface area (Å²) >= 11 is 0. The number of nitrogens with zero attached hydrogens (tertiary/aromatic N) is 1. The largest absolute Gasteiger partial charge is 0.482 e. The SMILES string of the molecule is CCCCN1C(=O)COc2ccc(C(=O)CCC(=O)O)cc21. The summed E-state index contributed by atoms with van der Waals surface area (Å²) in [5.74, 6) is -0.811. The highest BCUT2D eigenvalue weighted by molar-refractivity contribution is 6.02. The number of carboxylic acid groups (broad SMARTS) is 1. The van der Waals surface area contributed by atoms with Gasteiger partial charge in [-0.15, -0.1) is 0 Å². The van der Waals surface area contributed by atoms with Crippen molar-refractivity contribution in [2.75, 3.05) is 18.1 Å². The second-order valence-electron chi connectivity index (χ2n) is 5.19. The molecule has 1 N–H and O–H groups in total. The maximum Gasteiger partial charge on any atom is 0.303 e. The van der Waals surface area contributed by atoms with Crippen molar-refractivity contribution in [2.24, 2.45) is 0 Å². The van der Waals surface area contributed by atoms with Gasteiger partial charge in [-0.1, -0.05) is 13.3 Å². The van der Waals surface area contributed by atoms with E-state index < -0.39 is 5.97 Å². The Labute approximate surface area is 128 Å². The van der Waals surface area contributed by atoms with E-state index >= 15 is 0 Å². The number of carbonyl (C=O) groups excluding carboxylic acids is 2. The highest BCUT2D eigenvalue weighted by Crippen LogP contribution is 2.33. The molecule has 1 amide bonds. The Morgan fingerprint density at radius 1 is 1.32 bits per heavy atom. The second-order valence-corrected chi connectivity index (χ2v) is 5.19. The minimum absolute atomic E-state index is 0.00300. The number of ether oxygens (including phenoxy) is 1. The zero-order valence-electron chi connectivity index (χ0n) is 12.5. The van der Waals surface area contributed by atoms with E-state index in [-0.39, 0.29) is 31.1 Å². The van der Waals surface area contributed by atoms with Gasteiger partial charge < -0.3 is 14.7 Å². The summed E-state index contributed by atoms with van der Waals surface area (Å²) in [4.78, 5) is 36.2. The number of fused-ring (bicyclic) bond motifs is 1. The Kier molecular flexibility index (Phi) is 5.14. The molecule has 118 valence electrons. The van der Waals surface area contributed by atoms with Gasteiger partial charge in [-0.2, -0.15) is 0 Å². The topological polar surface area (TPSA) is 83.9 Å². The van der Waals surface area contributed by atoms with E-state index in [1.54, 1.807) is 23.1 Å². The maximum atomic E-state index is 12.0. The molecule has 0 saturated carbocycles. The van der Waals surface area contributed by atoms with Crippen LogP contribution in [0, 0.1) is 0 Å². The normalized spacial score (nSPS) is 13.5. The standard InChI is InChI=1S/C16H19NO5/c1-2-3-8-17-12-9-11(13(18)5-7-16(20)21)4-6-14(12)22-10-15(17)19/h4,6,9H,2-3,5,7-8,10H2,1H3,(H,20,21). The molecular formula is C16H19NO5. The van der Waals surface area contributed by atoms with Crippen molar-refractivity contribution in [1.29, 1.82) is 0 Å². The van der Waals surface area contributed by atoms with Crippen LogP contribution in [0.4, 0.5) is 5.69 Å². The Balaban J connectivity index is 2.23. The lowest BCUT2D eigenvalue weighted by Crippen LogP contribution is -2.39. The Morgan fingerprint density at radius 2 is 2.09 bits per heavy atom. The first kappa shape index (κ1) is 16.0. The quantitative estimate of drug-likeness (QED) is 0.781. The molecule has 0 saturated heterocycles. The Bertz CT molecular complexity index is 596. The van der Waals surface area contributed by atoms with Crippen molar-refractivity contribution in [1.82, 2.24) is 0 Å². The number of hydrogen-bond acceptors (Lipinski definition) is 4. The number of hydrogen-bond donors (Lipinski definition) is 1. The van der Waals surface area contributed by atoms with Gasteiger partial charge in [-0.05, 0) is 24.6 Å². The van der Waals surface area contributed by atoms with Crippen LogP contribution >= 0.6 is 0 Å². The van der Waals surface area contributed by atoms with Gasteiger partial charge in [0.2, 0.25) is 0 Å². The summed E-state index contributed by atoms with van der Waals surface area (Å²) in [6.45, 7) is 2.62. The highest BCUT2D eigenvalue weighted by atomic mass is 16.5. The van der Waals surface area contributed by atoms with Crippen molar-refractivity contribution in [3.8, 4) is 5.75 Å². The summed E-state index contributed by atoms with van der Waals surface area (Å²) in [6.07, 6.45) is 1.56. The van der Waals surface area contributed by atoms with Crippen molar-refractivity contribution < 1.29 is 24.2 Å². The number of anilines is 1. The average molecular weight is 305 g/mol. The van der Waals surface area contributed by atoms with Crippen LogP contribution in [0.1, 0.15) is 43.0 Å². The fourth-order valence-corrected chi connectivity index (χ4v) is 2.30. The third-order valence-electron chi connectivity index (χ3n) is 3.53. The van der Waals surface area contributed by atoms with Crippen LogP contribution in [0.5, 0.6) is 5.75 Å². The monoisotopic (exact) mass is 305 g/mol. The lowest BCUT2D eigenvalue weighted by atomic mass is 10.0. The third-order valence-corrected chi connectivity index (χ3v) is 3.53. The van der Waals surface area contributed by atoms with Crippen LogP contribution in [-0.4, -0.2) is 35.9 Å². The molecule has 0 spiro atoms. The fourth-order valence-electron chi connectivity index (χ4n) is 2.30. The second kappa shape index (κ2) is 7.06. The van der Waals surface area contributed by atoms with Crippen LogP contribution in [0.25, 0.3) is 0 Å². The molecule has 1 aliphatic heterocycles. The molecule has 2 rings (SSSR count). The first-order chi connectivity index (χ1) is 10.5. The van der Waals surface area contributed by atoms with Crippen LogP contribution in [0.2, 0.25) is 0 Å². The highest BCUT2D eigenvalue weighted by Gasteiger charge is 2.26. The lowest BCUT2D eigenvalue weighted by Gasteiger charge is -2.29. The minimum atomic E-state index is -1.01. The number of ketones is 1. The molecule has 0 aliphatic carbocycles. The molecule has 6 heteroatoms. The lowest BCUT2D eigenvalue weighted by molar-refractivity contribution is -0.137. The molecule has 1 aromatic carbocycles. The van der Waals surface area contributed by atoms with E-state index in [1.165, 1.54) is 0 Å². The Hall–Kier alpha value is -2.37. The van der Waals surface area contributed by atoms with Gasteiger partial charge >= 0.3 is 5.97 Å². The van der Waals surface area contributed by atoms with Crippen LogP contribution < -0.4 is 9.64 Å². The number of benzene rings is 1. The average Bonchev–Trinajstić information content (AvgIpc) is 2.51. The zero-order valence-corrected chi connectivity index (χ0v) is 12.5. The van der Waals surface area contributed by atoms with Gasteiger partial charge in [0.15, 0.2) is 12.4 Å². The predicted molar refractivity (Wildman–Crippen MR) is 80.4 cm³/mol. The summed E-state index contributed by atoms with van der Waals surface area (Å²) < 4.78 is 5.38. The van der Waals surface area contributed by atoms with Gasteiger partial charge in [-0.25, -0.2) is 0 Å². The summed E-state index contributed by atoms with van der Waals surface area (Å²) in [5, 5.41) is 8.65. The Morgan fingerprint density at radius 3 is 2.77 bits per heavy atom. The van der Waals surface area contributed by atoms with E-state index in [0.29, 0.717) is 23.5 Å². The number of amides is 1. The van der Waals surface area contributed by atoms with Crippen LogP contribution in [-0.2, 0) is 9.59 Å². The summed E-state index contributed by atoms with van der Waals surface area (Å²) in [6, 6.07) is 4.89. The van der Waals surface area contributed by atoms with Crippen LogP contribution in [0.3, 0.4) is 0 Å². The molecule has 0 unspecified atom stereocenters. The molecule has 6 nitrogen and oxygen atoms in total. The summed E-state index contributed by atoms with van der Waals surface area (Å²) in [7, 11) is 0.